The first-order valence-electron chi connectivity index (χ1n) is 10.2. The lowest BCUT2D eigenvalue weighted by molar-refractivity contribution is -0.117. The maximum atomic E-state index is 13.0. The van der Waals surface area contributed by atoms with Crippen LogP contribution in [0.15, 0.2) is 97.9 Å². The van der Waals surface area contributed by atoms with E-state index in [2.05, 4.69) is 20.1 Å². The molecule has 0 unspecified atom stereocenters. The number of rotatable bonds is 7. The summed E-state index contributed by atoms with van der Waals surface area (Å²) in [5.74, 6) is -0.667. The number of benzene rings is 3. The van der Waals surface area contributed by atoms with E-state index in [0.717, 1.165) is 17.1 Å². The van der Waals surface area contributed by atoms with Gasteiger partial charge in [-0.2, -0.15) is 28.8 Å². The number of halogens is 1. The molecule has 0 aliphatic carbocycles. The molecule has 3 aromatic carbocycles. The molecule has 0 aromatic heterocycles. The van der Waals surface area contributed by atoms with Crippen molar-refractivity contribution in [1.29, 1.82) is 0 Å². The zero-order chi connectivity index (χ0) is 26.1. The Morgan fingerprint density at radius 3 is 2.39 bits per heavy atom. The van der Waals surface area contributed by atoms with E-state index < -0.39 is 37.0 Å². The highest BCUT2D eigenvalue weighted by Crippen LogP contribution is 2.32. The molecular formula is C22H18ClN5O6S2. The van der Waals surface area contributed by atoms with E-state index in [0.29, 0.717) is 5.69 Å². The number of nitrogens with zero attached hydrogens (tertiary/aromatic N) is 4. The van der Waals surface area contributed by atoms with Crippen molar-refractivity contribution in [3.8, 4) is 0 Å². The maximum absolute atomic E-state index is 13.0. The lowest BCUT2D eigenvalue weighted by Gasteiger charge is -2.15. The number of anilines is 2. The highest BCUT2D eigenvalue weighted by atomic mass is 35.5. The normalized spacial score (nSPS) is 16.4. The van der Waals surface area contributed by atoms with Crippen LogP contribution in [0.4, 0.5) is 17.1 Å². The predicted molar refractivity (Wildman–Crippen MR) is 134 cm³/mol. The number of amides is 1. The summed E-state index contributed by atoms with van der Waals surface area (Å²) in [5.41, 5.74) is 0.752. The Kier molecular flexibility index (Phi) is 6.91. The molecule has 0 fully saturated rings. The van der Waals surface area contributed by atoms with Crippen LogP contribution in [0.3, 0.4) is 0 Å². The van der Waals surface area contributed by atoms with Gasteiger partial charge in [0.05, 0.1) is 31.9 Å². The van der Waals surface area contributed by atoms with Crippen molar-refractivity contribution >= 4 is 60.4 Å². The molecule has 1 aliphatic rings. The smallest absolute Gasteiger partial charge is 0.282 e. The molecule has 1 aliphatic heterocycles. The first-order valence-corrected chi connectivity index (χ1v) is 13.5. The monoisotopic (exact) mass is 547 g/mol. The quantitative estimate of drug-likeness (QED) is 0.332. The molecule has 2 N–H and O–H groups in total. The van der Waals surface area contributed by atoms with Crippen molar-refractivity contribution in [3.63, 3.8) is 0 Å². The van der Waals surface area contributed by atoms with Gasteiger partial charge in [-0.3, -0.25) is 14.1 Å². The van der Waals surface area contributed by atoms with Gasteiger partial charge in [0, 0.05) is 5.69 Å². The molecule has 11 nitrogen and oxygen atoms in total. The Morgan fingerprint density at radius 1 is 0.972 bits per heavy atom. The highest BCUT2D eigenvalue weighted by Gasteiger charge is 2.36. The summed E-state index contributed by atoms with van der Waals surface area (Å²) in [5, 5.41) is 13.0. The third-order valence-corrected chi connectivity index (χ3v) is 7.53. The minimum Gasteiger partial charge on any atom is -0.282 e. The third kappa shape index (κ3) is 5.44. The molecular weight excluding hydrogens is 530 g/mol. The summed E-state index contributed by atoms with van der Waals surface area (Å²) < 4.78 is 60.1. The Bertz CT molecular complexity index is 1610. The van der Waals surface area contributed by atoms with Gasteiger partial charge in [-0.05, 0) is 55.5 Å². The average Bonchev–Trinajstić information content (AvgIpc) is 3.10. The van der Waals surface area contributed by atoms with E-state index in [-0.39, 0.29) is 27.0 Å². The summed E-state index contributed by atoms with van der Waals surface area (Å²) in [6, 6.07) is 16.2. The standard InChI is InChI=1S/C22H18ClN5O6S2/c1-14-21(22(29)28(26-14)20-13-18(36(32,33)34)10-11-19(20)23)25-24-16-8-5-9-17(12-16)35(30,31)27-15-6-3-2-4-7-15/h2-13,21,27H,1H3,(H,32,33,34)/t21-/m0/s1. The SMILES string of the molecule is CC1=NN(c2cc(S(=O)(=O)O)ccc2Cl)C(=O)[C@H]1N=Nc1cccc(S(=O)(=O)Nc2ccccc2)c1. The number of hydrazone groups is 1. The van der Waals surface area contributed by atoms with Crippen LogP contribution in [0.2, 0.25) is 5.02 Å². The van der Waals surface area contributed by atoms with Crippen molar-refractivity contribution < 1.29 is 26.2 Å². The minimum absolute atomic E-state index is 0.0220. The molecule has 0 spiro atoms. The van der Waals surface area contributed by atoms with Gasteiger partial charge in [0.15, 0.2) is 6.04 Å². The third-order valence-electron chi connectivity index (χ3n) is 4.98. The number of sulfonamides is 1. The Balaban J connectivity index is 1.57. The molecule has 4 rings (SSSR count). The first kappa shape index (κ1) is 25.4. The number of nitrogens with one attached hydrogen (secondary N) is 1. The molecule has 0 bridgehead atoms. The molecule has 3 aromatic rings. The predicted octanol–water partition coefficient (Wildman–Crippen LogP) is 4.26. The molecule has 0 saturated carbocycles. The van der Waals surface area contributed by atoms with E-state index in [1.54, 1.807) is 30.3 Å². The minimum atomic E-state index is -4.54. The number of hydrogen-bond donors (Lipinski definition) is 2. The van der Waals surface area contributed by atoms with Crippen molar-refractivity contribution in [2.75, 3.05) is 9.73 Å². The van der Waals surface area contributed by atoms with Crippen LogP contribution in [-0.2, 0) is 24.9 Å². The van der Waals surface area contributed by atoms with Crippen molar-refractivity contribution in [2.45, 2.75) is 22.8 Å². The van der Waals surface area contributed by atoms with Gasteiger partial charge >= 0.3 is 0 Å². The van der Waals surface area contributed by atoms with E-state index in [1.165, 1.54) is 37.3 Å². The van der Waals surface area contributed by atoms with Crippen LogP contribution in [-0.4, -0.2) is 39.0 Å². The van der Waals surface area contributed by atoms with Gasteiger partial charge in [-0.15, -0.1) is 0 Å². The van der Waals surface area contributed by atoms with Gasteiger partial charge in [-0.1, -0.05) is 35.9 Å². The van der Waals surface area contributed by atoms with Gasteiger partial charge < -0.3 is 0 Å². The summed E-state index contributed by atoms with van der Waals surface area (Å²) in [7, 11) is -8.44. The lowest BCUT2D eigenvalue weighted by atomic mass is 10.2. The van der Waals surface area contributed by atoms with Crippen LogP contribution in [0, 0.1) is 0 Å². The molecule has 14 heteroatoms. The molecule has 1 atom stereocenters. The number of para-hydroxylation sites is 1. The second-order valence-corrected chi connectivity index (χ2v) is 11.1. The summed E-state index contributed by atoms with van der Waals surface area (Å²) in [6.45, 7) is 1.52. The van der Waals surface area contributed by atoms with Crippen LogP contribution in [0.5, 0.6) is 0 Å². The first-order chi connectivity index (χ1) is 17.0. The van der Waals surface area contributed by atoms with Gasteiger partial charge in [0.2, 0.25) is 0 Å². The largest absolute Gasteiger partial charge is 0.294 e. The zero-order valence-electron chi connectivity index (χ0n) is 18.5. The number of azo groups is 1. The fourth-order valence-corrected chi connectivity index (χ4v) is 5.03. The van der Waals surface area contributed by atoms with E-state index in [1.807, 2.05) is 0 Å². The van der Waals surface area contributed by atoms with Gasteiger partial charge in [0.25, 0.3) is 26.0 Å². The van der Waals surface area contributed by atoms with Crippen LogP contribution in [0.25, 0.3) is 0 Å². The van der Waals surface area contributed by atoms with Gasteiger partial charge in [-0.25, -0.2) is 8.42 Å². The van der Waals surface area contributed by atoms with Crippen LogP contribution >= 0.6 is 11.6 Å². The Labute approximate surface area is 211 Å². The molecule has 36 heavy (non-hydrogen) atoms. The zero-order valence-corrected chi connectivity index (χ0v) is 20.9. The second kappa shape index (κ2) is 9.78. The van der Waals surface area contributed by atoms with Crippen molar-refractivity contribution in [1.82, 2.24) is 0 Å². The highest BCUT2D eigenvalue weighted by molar-refractivity contribution is 7.92. The van der Waals surface area contributed by atoms with Crippen molar-refractivity contribution in [2.24, 2.45) is 15.3 Å². The topological polar surface area (TPSA) is 158 Å². The van der Waals surface area contributed by atoms with Crippen molar-refractivity contribution in [3.05, 3.63) is 77.8 Å². The van der Waals surface area contributed by atoms with Gasteiger partial charge in [0.1, 0.15) is 0 Å². The Morgan fingerprint density at radius 2 is 1.69 bits per heavy atom. The molecule has 0 saturated heterocycles. The molecule has 186 valence electrons. The van der Waals surface area contributed by atoms with E-state index in [4.69, 9.17) is 11.6 Å². The van der Waals surface area contributed by atoms with Crippen LogP contribution < -0.4 is 9.73 Å². The molecule has 0 radical (unpaired) electrons. The van der Waals surface area contributed by atoms with E-state index in [9.17, 15) is 26.2 Å². The molecule has 1 amide bonds. The fraction of sp³-hybridized carbons (Fsp3) is 0.0909. The summed E-state index contributed by atoms with van der Waals surface area (Å²) in [6.07, 6.45) is 0. The summed E-state index contributed by atoms with van der Waals surface area (Å²) in [4.78, 5) is 12.4. The van der Waals surface area contributed by atoms with E-state index >= 15 is 0 Å². The number of carbonyl (C=O) groups excluding carboxylic acids is 1. The average molecular weight is 548 g/mol. The Hall–Kier alpha value is -3.65. The fourth-order valence-electron chi connectivity index (χ4n) is 3.23. The maximum Gasteiger partial charge on any atom is 0.294 e. The number of hydrogen-bond acceptors (Lipinski definition) is 8. The number of carbonyl (C=O) groups is 1. The van der Waals surface area contributed by atoms with Crippen LogP contribution in [0.1, 0.15) is 6.92 Å². The summed E-state index contributed by atoms with van der Waals surface area (Å²) >= 11 is 6.12. The molecule has 1 heterocycles. The second-order valence-electron chi connectivity index (χ2n) is 7.57. The lowest BCUT2D eigenvalue weighted by Crippen LogP contribution is -2.30.